The van der Waals surface area contributed by atoms with Crippen LogP contribution in [0.1, 0.15) is 58.8 Å². The van der Waals surface area contributed by atoms with Gasteiger partial charge in [0.05, 0.1) is 0 Å². The number of hydrogen-bond donors (Lipinski definition) is 0. The van der Waals surface area contributed by atoms with Crippen molar-refractivity contribution in [2.45, 2.75) is 70.9 Å². The summed E-state index contributed by atoms with van der Waals surface area (Å²) in [5.74, 6) is 1.55. The molecule has 0 aromatic carbocycles. The Morgan fingerprint density at radius 3 is 2.43 bits per heavy atom. The van der Waals surface area contributed by atoms with Crippen molar-refractivity contribution in [3.05, 3.63) is 0 Å². The normalized spacial score (nSPS) is 34.3. The predicted molar refractivity (Wildman–Crippen MR) is 81.6 cm³/mol. The van der Waals surface area contributed by atoms with Gasteiger partial charge < -0.3 is 9.80 Å². The first-order valence-electron chi connectivity index (χ1n) is 8.69. The summed E-state index contributed by atoms with van der Waals surface area (Å²) in [6.45, 7) is 5.61. The molecule has 2 heterocycles. The molecule has 21 heavy (non-hydrogen) atoms. The van der Waals surface area contributed by atoms with Crippen molar-refractivity contribution >= 4 is 11.8 Å². The molecule has 1 saturated carbocycles. The summed E-state index contributed by atoms with van der Waals surface area (Å²) >= 11 is 0. The van der Waals surface area contributed by atoms with Crippen LogP contribution >= 0.6 is 0 Å². The van der Waals surface area contributed by atoms with Crippen molar-refractivity contribution in [3.8, 4) is 0 Å². The van der Waals surface area contributed by atoms with E-state index in [0.29, 0.717) is 24.4 Å². The van der Waals surface area contributed by atoms with E-state index >= 15 is 0 Å². The Balaban J connectivity index is 1.80. The van der Waals surface area contributed by atoms with Crippen LogP contribution in [0.15, 0.2) is 0 Å². The average molecular weight is 292 g/mol. The number of piperidine rings is 1. The third-order valence-corrected chi connectivity index (χ3v) is 5.74. The second-order valence-electron chi connectivity index (χ2n) is 7.32. The Morgan fingerprint density at radius 1 is 0.952 bits per heavy atom. The summed E-state index contributed by atoms with van der Waals surface area (Å²) in [4.78, 5) is 29.1. The summed E-state index contributed by atoms with van der Waals surface area (Å²) in [5.41, 5.74) is 0. The lowest BCUT2D eigenvalue weighted by molar-refractivity contribution is -0.162. The van der Waals surface area contributed by atoms with Crippen LogP contribution in [0.3, 0.4) is 0 Å². The summed E-state index contributed by atoms with van der Waals surface area (Å²) in [6, 6.07) is 0.133. The lowest BCUT2D eigenvalue weighted by Crippen LogP contribution is -2.64. The van der Waals surface area contributed by atoms with E-state index in [-0.39, 0.29) is 17.9 Å². The molecule has 4 nitrogen and oxygen atoms in total. The summed E-state index contributed by atoms with van der Waals surface area (Å²) in [7, 11) is 0. The molecule has 3 aliphatic rings. The van der Waals surface area contributed by atoms with Crippen LogP contribution in [0.4, 0.5) is 0 Å². The Morgan fingerprint density at radius 2 is 1.67 bits per heavy atom. The Kier molecular flexibility index (Phi) is 4.23. The van der Waals surface area contributed by atoms with E-state index in [1.165, 1.54) is 19.3 Å². The van der Waals surface area contributed by atoms with Gasteiger partial charge in [0.2, 0.25) is 11.8 Å². The summed E-state index contributed by atoms with van der Waals surface area (Å²) < 4.78 is 0. The highest BCUT2D eigenvalue weighted by molar-refractivity contribution is 5.95. The van der Waals surface area contributed by atoms with Gasteiger partial charge in [0, 0.05) is 12.6 Å². The third-order valence-electron chi connectivity index (χ3n) is 5.74. The molecule has 3 unspecified atom stereocenters. The smallest absolute Gasteiger partial charge is 0.246 e. The van der Waals surface area contributed by atoms with Gasteiger partial charge in [-0.25, -0.2) is 0 Å². The van der Waals surface area contributed by atoms with Crippen LogP contribution < -0.4 is 0 Å². The summed E-state index contributed by atoms with van der Waals surface area (Å²) in [6.07, 6.45) is 7.73. The molecule has 118 valence electrons. The maximum Gasteiger partial charge on any atom is 0.246 e. The minimum Gasteiger partial charge on any atom is -0.329 e. The first-order valence-corrected chi connectivity index (χ1v) is 8.69. The second-order valence-corrected chi connectivity index (χ2v) is 7.32. The zero-order chi connectivity index (χ0) is 15.0. The van der Waals surface area contributed by atoms with Gasteiger partial charge in [-0.05, 0) is 43.9 Å². The van der Waals surface area contributed by atoms with Crippen LogP contribution in [0.2, 0.25) is 0 Å². The molecule has 3 fully saturated rings. The maximum atomic E-state index is 12.9. The van der Waals surface area contributed by atoms with Gasteiger partial charge in [0.15, 0.2) is 0 Å². The van der Waals surface area contributed by atoms with Gasteiger partial charge in [-0.15, -0.1) is 0 Å². The van der Waals surface area contributed by atoms with E-state index in [1.54, 1.807) is 0 Å². The SMILES string of the molecule is CC(C)C1CCCCC1N1CC(=O)N2CCCCC2C1=O. The number of rotatable bonds is 2. The Bertz CT molecular complexity index is 421. The number of piperazine rings is 1. The minimum absolute atomic E-state index is 0.158. The zero-order valence-electron chi connectivity index (χ0n) is 13.4. The monoisotopic (exact) mass is 292 g/mol. The molecule has 2 aliphatic heterocycles. The second kappa shape index (κ2) is 5.98. The molecule has 0 radical (unpaired) electrons. The summed E-state index contributed by atoms with van der Waals surface area (Å²) in [5, 5.41) is 0. The van der Waals surface area contributed by atoms with E-state index in [0.717, 1.165) is 32.2 Å². The lowest BCUT2D eigenvalue weighted by Gasteiger charge is -2.48. The number of fused-ring (bicyclic) bond motifs is 1. The fraction of sp³-hybridized carbons (Fsp3) is 0.882. The van der Waals surface area contributed by atoms with Crippen molar-refractivity contribution in [1.82, 2.24) is 9.80 Å². The number of carbonyl (C=O) groups excluding carboxylic acids is 2. The molecule has 0 bridgehead atoms. The van der Waals surface area contributed by atoms with E-state index in [4.69, 9.17) is 0 Å². The molecule has 3 rings (SSSR count). The molecule has 0 aromatic rings. The zero-order valence-corrected chi connectivity index (χ0v) is 13.4. The van der Waals surface area contributed by atoms with Gasteiger partial charge in [0.1, 0.15) is 12.6 Å². The Hall–Kier alpha value is -1.06. The molecular formula is C17H28N2O2. The van der Waals surface area contributed by atoms with Gasteiger partial charge in [0.25, 0.3) is 0 Å². The quantitative estimate of drug-likeness (QED) is 0.784. The highest BCUT2D eigenvalue weighted by atomic mass is 16.2. The molecule has 0 N–H and O–H groups in total. The van der Waals surface area contributed by atoms with Crippen LogP contribution in [-0.2, 0) is 9.59 Å². The first-order chi connectivity index (χ1) is 10.1. The molecule has 1 aliphatic carbocycles. The largest absolute Gasteiger partial charge is 0.329 e. The molecular weight excluding hydrogens is 264 g/mol. The minimum atomic E-state index is -0.158. The fourth-order valence-electron chi connectivity index (χ4n) is 4.58. The highest BCUT2D eigenvalue weighted by Crippen LogP contribution is 2.36. The van der Waals surface area contributed by atoms with Gasteiger partial charge in [-0.1, -0.05) is 26.7 Å². The van der Waals surface area contributed by atoms with Crippen molar-refractivity contribution < 1.29 is 9.59 Å². The van der Waals surface area contributed by atoms with Crippen LogP contribution in [0.25, 0.3) is 0 Å². The van der Waals surface area contributed by atoms with Gasteiger partial charge in [-0.2, -0.15) is 0 Å². The lowest BCUT2D eigenvalue weighted by atomic mass is 9.76. The van der Waals surface area contributed by atoms with Crippen molar-refractivity contribution in [2.24, 2.45) is 11.8 Å². The van der Waals surface area contributed by atoms with E-state index in [1.807, 2.05) is 9.80 Å². The fourth-order valence-corrected chi connectivity index (χ4v) is 4.58. The predicted octanol–water partition coefficient (Wildman–Crippen LogP) is 2.42. The average Bonchev–Trinajstić information content (AvgIpc) is 2.51. The molecule has 0 aromatic heterocycles. The maximum absolute atomic E-state index is 12.9. The number of hydrogen-bond acceptors (Lipinski definition) is 2. The third kappa shape index (κ3) is 2.69. The molecule has 0 spiro atoms. The van der Waals surface area contributed by atoms with E-state index in [2.05, 4.69) is 13.8 Å². The van der Waals surface area contributed by atoms with E-state index < -0.39 is 0 Å². The molecule has 3 atom stereocenters. The van der Waals surface area contributed by atoms with Crippen molar-refractivity contribution in [3.63, 3.8) is 0 Å². The Labute approximate surface area is 127 Å². The van der Waals surface area contributed by atoms with Crippen molar-refractivity contribution in [2.75, 3.05) is 13.1 Å². The van der Waals surface area contributed by atoms with Crippen LogP contribution in [0.5, 0.6) is 0 Å². The van der Waals surface area contributed by atoms with Crippen LogP contribution in [-0.4, -0.2) is 46.8 Å². The number of nitrogens with zero attached hydrogens (tertiary/aromatic N) is 2. The molecule has 2 saturated heterocycles. The standard InChI is InChI=1S/C17H28N2O2/c1-12(2)13-7-3-4-8-14(13)19-11-16(20)18-10-6-5-9-15(18)17(19)21/h12-15H,3-11H2,1-2H3. The number of carbonyl (C=O) groups is 2. The van der Waals surface area contributed by atoms with E-state index in [9.17, 15) is 9.59 Å². The highest BCUT2D eigenvalue weighted by Gasteiger charge is 2.45. The molecule has 4 heteroatoms. The first kappa shape index (κ1) is 14.9. The van der Waals surface area contributed by atoms with Crippen LogP contribution in [0, 0.1) is 11.8 Å². The number of amides is 2. The van der Waals surface area contributed by atoms with Gasteiger partial charge in [-0.3, -0.25) is 9.59 Å². The van der Waals surface area contributed by atoms with Crippen molar-refractivity contribution in [1.29, 1.82) is 0 Å². The molecule has 2 amide bonds. The topological polar surface area (TPSA) is 40.6 Å². The van der Waals surface area contributed by atoms with Gasteiger partial charge >= 0.3 is 0 Å².